The number of hydrogen-bond donors (Lipinski definition) is 2. The number of halogens is 1. The fourth-order valence-electron chi connectivity index (χ4n) is 3.62. The maximum atomic E-state index is 13.9. The number of hydroxylamine groups is 2. The molecule has 0 aromatic heterocycles. The van der Waals surface area contributed by atoms with Crippen LogP contribution in [0.5, 0.6) is 0 Å². The van der Waals surface area contributed by atoms with E-state index in [0.29, 0.717) is 11.5 Å². The van der Waals surface area contributed by atoms with Crippen molar-refractivity contribution < 1.29 is 14.4 Å². The number of hydrogen-bond acceptors (Lipinski definition) is 3. The number of urea groups is 1. The van der Waals surface area contributed by atoms with Gasteiger partial charge in [-0.25, -0.2) is 14.2 Å². The van der Waals surface area contributed by atoms with E-state index in [2.05, 4.69) is 37.3 Å². The van der Waals surface area contributed by atoms with E-state index in [-0.39, 0.29) is 12.4 Å². The summed E-state index contributed by atoms with van der Waals surface area (Å²) in [5, 5.41) is 9.92. The van der Waals surface area contributed by atoms with E-state index in [9.17, 15) is 14.4 Å². The second-order valence-electron chi connectivity index (χ2n) is 7.04. The van der Waals surface area contributed by atoms with Gasteiger partial charge in [0.1, 0.15) is 5.82 Å². The molecule has 152 valence electrons. The standard InChI is InChI=1S/C23H25FN2O2S/c1-15-19(5-3-4-12-26(28)23(25)27)22-14-17(24)8-11-20(22)21(15)13-16-6-9-18(29-2)10-7-16/h6-11,13-14,28H,3-5,12H2,1-2H3,(H2,25,27)/b21-13-. The van der Waals surface area contributed by atoms with Crippen LogP contribution in [0.25, 0.3) is 17.2 Å². The molecule has 3 N–H and O–H groups in total. The molecule has 2 aromatic carbocycles. The highest BCUT2D eigenvalue weighted by atomic mass is 32.2. The Hall–Kier alpha value is -2.57. The van der Waals surface area contributed by atoms with Crippen molar-refractivity contribution in [1.29, 1.82) is 0 Å². The van der Waals surface area contributed by atoms with Gasteiger partial charge in [-0.2, -0.15) is 0 Å². The largest absolute Gasteiger partial charge is 0.350 e. The fraction of sp³-hybridized carbons (Fsp3) is 0.261. The Morgan fingerprint density at radius 2 is 1.90 bits per heavy atom. The number of thioether (sulfide) groups is 1. The van der Waals surface area contributed by atoms with E-state index in [1.54, 1.807) is 17.8 Å². The van der Waals surface area contributed by atoms with Crippen molar-refractivity contribution in [3.8, 4) is 0 Å². The topological polar surface area (TPSA) is 66.6 Å². The predicted octanol–water partition coefficient (Wildman–Crippen LogP) is 5.82. The lowest BCUT2D eigenvalue weighted by molar-refractivity contribution is -0.0401. The lowest BCUT2D eigenvalue weighted by Crippen LogP contribution is -2.33. The van der Waals surface area contributed by atoms with Crippen molar-refractivity contribution in [2.45, 2.75) is 31.1 Å². The Morgan fingerprint density at radius 1 is 1.17 bits per heavy atom. The quantitative estimate of drug-likeness (QED) is 0.261. The normalized spacial score (nSPS) is 14.4. The maximum Gasteiger partial charge on any atom is 0.338 e. The summed E-state index contributed by atoms with van der Waals surface area (Å²) in [5.74, 6) is -0.255. The number of fused-ring (bicyclic) bond motifs is 1. The SMILES string of the molecule is CSc1ccc(/C=C2/C(C)=C(CCCCN(O)C(N)=O)c3cc(F)ccc32)cc1. The van der Waals surface area contributed by atoms with Gasteiger partial charge in [-0.3, -0.25) is 5.21 Å². The molecule has 0 saturated heterocycles. The molecule has 29 heavy (non-hydrogen) atoms. The van der Waals surface area contributed by atoms with E-state index >= 15 is 0 Å². The van der Waals surface area contributed by atoms with Gasteiger partial charge in [0.05, 0.1) is 6.54 Å². The monoisotopic (exact) mass is 412 g/mol. The zero-order valence-corrected chi connectivity index (χ0v) is 17.4. The van der Waals surface area contributed by atoms with Crippen molar-refractivity contribution in [2.24, 2.45) is 5.73 Å². The van der Waals surface area contributed by atoms with E-state index in [4.69, 9.17) is 5.73 Å². The Morgan fingerprint density at radius 3 is 2.55 bits per heavy atom. The maximum absolute atomic E-state index is 13.9. The molecule has 6 heteroatoms. The first-order valence-corrected chi connectivity index (χ1v) is 10.7. The molecule has 0 unspecified atom stereocenters. The molecule has 1 aliphatic carbocycles. The molecule has 1 aliphatic rings. The van der Waals surface area contributed by atoms with E-state index in [1.807, 2.05) is 12.3 Å². The average molecular weight is 413 g/mol. The van der Waals surface area contributed by atoms with Crippen LogP contribution in [0, 0.1) is 5.82 Å². The minimum Gasteiger partial charge on any atom is -0.350 e. The number of primary amides is 1. The van der Waals surface area contributed by atoms with Crippen molar-refractivity contribution in [3.05, 3.63) is 70.5 Å². The molecule has 4 nitrogen and oxygen atoms in total. The summed E-state index contributed by atoms with van der Waals surface area (Å²) < 4.78 is 13.9. The number of carbonyl (C=O) groups excluding carboxylic acids is 1. The molecule has 2 amide bonds. The Bertz CT molecular complexity index is 967. The van der Waals surface area contributed by atoms with Crippen LogP contribution in [0.2, 0.25) is 0 Å². The zero-order valence-electron chi connectivity index (χ0n) is 16.6. The first-order valence-electron chi connectivity index (χ1n) is 9.52. The van der Waals surface area contributed by atoms with Gasteiger partial charge in [-0.05, 0) is 96.2 Å². The molecule has 0 atom stereocenters. The first kappa shape index (κ1) is 21.1. The molecular formula is C23H25FN2O2S. The molecule has 0 saturated carbocycles. The van der Waals surface area contributed by atoms with Gasteiger partial charge in [0.2, 0.25) is 0 Å². The zero-order chi connectivity index (χ0) is 21.0. The number of unbranched alkanes of at least 4 members (excludes halogenated alkanes) is 1. The summed E-state index contributed by atoms with van der Waals surface area (Å²) in [7, 11) is 0. The second kappa shape index (κ2) is 9.29. The third-order valence-electron chi connectivity index (χ3n) is 5.18. The summed E-state index contributed by atoms with van der Waals surface area (Å²) in [6, 6.07) is 12.4. The number of allylic oxidation sites excluding steroid dienone is 3. The first-order chi connectivity index (χ1) is 13.9. The molecule has 0 fully saturated rings. The highest BCUT2D eigenvalue weighted by Gasteiger charge is 2.24. The summed E-state index contributed by atoms with van der Waals surface area (Å²) in [6.45, 7) is 2.25. The highest BCUT2D eigenvalue weighted by Crippen LogP contribution is 2.44. The lowest BCUT2D eigenvalue weighted by Gasteiger charge is -2.12. The van der Waals surface area contributed by atoms with Crippen molar-refractivity contribution in [2.75, 3.05) is 12.8 Å². The van der Waals surface area contributed by atoms with Gasteiger partial charge in [-0.1, -0.05) is 18.2 Å². The third kappa shape index (κ3) is 4.89. The highest BCUT2D eigenvalue weighted by molar-refractivity contribution is 7.98. The van der Waals surface area contributed by atoms with Crippen LogP contribution in [0.15, 0.2) is 52.9 Å². The minimum absolute atomic E-state index is 0.183. The Kier molecular flexibility index (Phi) is 6.77. The lowest BCUT2D eigenvalue weighted by atomic mass is 10.00. The molecule has 3 rings (SSSR count). The molecular weight excluding hydrogens is 387 g/mol. The summed E-state index contributed by atoms with van der Waals surface area (Å²) in [5.41, 5.74) is 11.4. The Balaban J connectivity index is 1.85. The van der Waals surface area contributed by atoms with Gasteiger partial charge in [0.25, 0.3) is 0 Å². The number of nitrogens with two attached hydrogens (primary N) is 1. The summed E-state index contributed by atoms with van der Waals surface area (Å²) in [6.07, 6.45) is 6.29. The molecule has 0 spiro atoms. The third-order valence-corrected chi connectivity index (χ3v) is 5.93. The van der Waals surface area contributed by atoms with E-state index < -0.39 is 6.03 Å². The van der Waals surface area contributed by atoms with Crippen LogP contribution in [0.3, 0.4) is 0 Å². The Labute approximate surface area is 174 Å². The molecule has 0 heterocycles. The van der Waals surface area contributed by atoms with Crippen LogP contribution < -0.4 is 5.73 Å². The molecule has 0 bridgehead atoms. The van der Waals surface area contributed by atoms with Crippen LogP contribution in [0.4, 0.5) is 9.18 Å². The van der Waals surface area contributed by atoms with Gasteiger partial charge in [0, 0.05) is 4.90 Å². The summed E-state index contributed by atoms with van der Waals surface area (Å²) >= 11 is 1.70. The number of carbonyl (C=O) groups is 1. The fourth-order valence-corrected chi connectivity index (χ4v) is 4.02. The average Bonchev–Trinajstić information content (AvgIpc) is 2.96. The number of nitrogens with zero attached hydrogens (tertiary/aromatic N) is 1. The van der Waals surface area contributed by atoms with Gasteiger partial charge >= 0.3 is 6.03 Å². The van der Waals surface area contributed by atoms with Crippen LogP contribution in [-0.2, 0) is 0 Å². The predicted molar refractivity (Wildman–Crippen MR) is 117 cm³/mol. The molecule has 0 radical (unpaired) electrons. The van der Waals surface area contributed by atoms with Crippen LogP contribution in [-0.4, -0.2) is 29.1 Å². The molecule has 2 aromatic rings. The van der Waals surface area contributed by atoms with E-state index in [1.165, 1.54) is 11.0 Å². The minimum atomic E-state index is -0.855. The second-order valence-corrected chi connectivity index (χ2v) is 7.92. The van der Waals surface area contributed by atoms with Crippen molar-refractivity contribution in [3.63, 3.8) is 0 Å². The van der Waals surface area contributed by atoms with Crippen LogP contribution in [0.1, 0.15) is 42.9 Å². The molecule has 0 aliphatic heterocycles. The number of amides is 2. The van der Waals surface area contributed by atoms with Gasteiger partial charge < -0.3 is 5.73 Å². The van der Waals surface area contributed by atoms with Gasteiger partial charge in [-0.15, -0.1) is 11.8 Å². The van der Waals surface area contributed by atoms with Crippen molar-refractivity contribution >= 4 is 35.0 Å². The number of benzene rings is 2. The van der Waals surface area contributed by atoms with E-state index in [0.717, 1.165) is 46.3 Å². The summed E-state index contributed by atoms with van der Waals surface area (Å²) in [4.78, 5) is 12.1. The van der Waals surface area contributed by atoms with Crippen molar-refractivity contribution in [1.82, 2.24) is 5.06 Å². The van der Waals surface area contributed by atoms with Crippen LogP contribution >= 0.6 is 11.8 Å². The number of rotatable bonds is 7. The smallest absolute Gasteiger partial charge is 0.338 e. The van der Waals surface area contributed by atoms with Gasteiger partial charge in [0.15, 0.2) is 0 Å².